The van der Waals surface area contributed by atoms with Gasteiger partial charge in [0, 0.05) is 6.54 Å². The van der Waals surface area contributed by atoms with Gasteiger partial charge in [0.2, 0.25) is 15.9 Å². The van der Waals surface area contributed by atoms with Gasteiger partial charge in [-0.15, -0.1) is 4.83 Å². The number of carbonyl (C=O) groups is 2. The van der Waals surface area contributed by atoms with Crippen LogP contribution >= 0.6 is 0 Å². The number of amides is 1. The smallest absolute Gasteiger partial charge is 0.310 e. The SMILES string of the molecule is CC(C)C[C@@H](C(=O)NNS(=O)(=O)CCN)[C@H](C/C=C/c1ccccc1)C(=O)OC(C)(C)C. The summed E-state index contributed by atoms with van der Waals surface area (Å²) in [5.41, 5.74) is 7.80. The zero-order valence-electron chi connectivity index (χ0n) is 19.6. The Kier molecular flexibility index (Phi) is 11.0. The van der Waals surface area contributed by atoms with E-state index in [2.05, 4.69) is 10.3 Å². The molecule has 0 aliphatic rings. The molecule has 0 bridgehead atoms. The maximum Gasteiger partial charge on any atom is 0.310 e. The van der Waals surface area contributed by atoms with E-state index in [9.17, 15) is 18.0 Å². The van der Waals surface area contributed by atoms with Gasteiger partial charge in [-0.2, -0.15) is 0 Å². The number of rotatable bonds is 12. The highest BCUT2D eigenvalue weighted by Crippen LogP contribution is 2.28. The molecule has 0 heterocycles. The third-order valence-corrected chi connectivity index (χ3v) is 5.66. The summed E-state index contributed by atoms with van der Waals surface area (Å²) in [6.07, 6.45) is 4.37. The van der Waals surface area contributed by atoms with E-state index in [1.165, 1.54) is 0 Å². The van der Waals surface area contributed by atoms with Crippen molar-refractivity contribution in [3.8, 4) is 0 Å². The van der Waals surface area contributed by atoms with Crippen LogP contribution in [0.25, 0.3) is 6.08 Å². The molecule has 9 heteroatoms. The molecule has 0 aliphatic carbocycles. The highest BCUT2D eigenvalue weighted by atomic mass is 32.2. The highest BCUT2D eigenvalue weighted by molar-refractivity contribution is 7.89. The number of esters is 1. The highest BCUT2D eigenvalue weighted by Gasteiger charge is 2.36. The summed E-state index contributed by atoms with van der Waals surface area (Å²) in [6.45, 7) is 9.09. The Balaban J connectivity index is 3.14. The van der Waals surface area contributed by atoms with Gasteiger partial charge in [-0.25, -0.2) is 8.42 Å². The molecule has 0 saturated heterocycles. The third-order valence-electron chi connectivity index (χ3n) is 4.47. The fourth-order valence-corrected chi connectivity index (χ4v) is 3.77. The second-order valence-electron chi connectivity index (χ2n) is 9.12. The summed E-state index contributed by atoms with van der Waals surface area (Å²) in [5.74, 6) is -2.88. The molecule has 0 fully saturated rings. The van der Waals surface area contributed by atoms with Gasteiger partial charge in [-0.1, -0.05) is 56.3 Å². The first-order chi connectivity index (χ1) is 14.8. The zero-order valence-corrected chi connectivity index (χ0v) is 20.4. The van der Waals surface area contributed by atoms with Crippen molar-refractivity contribution < 1.29 is 22.7 Å². The van der Waals surface area contributed by atoms with Gasteiger partial charge in [0.1, 0.15) is 5.60 Å². The predicted molar refractivity (Wildman–Crippen MR) is 126 cm³/mol. The van der Waals surface area contributed by atoms with Crippen LogP contribution in [0.1, 0.15) is 53.0 Å². The summed E-state index contributed by atoms with van der Waals surface area (Å²) in [7, 11) is -3.75. The van der Waals surface area contributed by atoms with Crippen LogP contribution in [0.2, 0.25) is 0 Å². The Hall–Kier alpha value is -2.23. The second kappa shape index (κ2) is 12.7. The fourth-order valence-electron chi connectivity index (χ4n) is 3.11. The Morgan fingerprint density at radius 1 is 1.12 bits per heavy atom. The molecule has 1 amide bonds. The number of ether oxygens (including phenoxy) is 1. The normalized spacial score (nSPS) is 14.3. The van der Waals surface area contributed by atoms with Gasteiger partial charge in [0.15, 0.2) is 0 Å². The number of nitrogens with one attached hydrogen (secondary N) is 2. The molecular weight excluding hydrogens is 430 g/mol. The second-order valence-corrected chi connectivity index (χ2v) is 11.0. The van der Waals surface area contributed by atoms with Crippen LogP contribution in [0.15, 0.2) is 36.4 Å². The summed E-state index contributed by atoms with van der Waals surface area (Å²) >= 11 is 0. The average molecular weight is 468 g/mol. The number of hydrogen-bond donors (Lipinski definition) is 3. The van der Waals surface area contributed by atoms with Crippen LogP contribution in [-0.2, 0) is 24.3 Å². The van der Waals surface area contributed by atoms with Crippen molar-refractivity contribution in [1.82, 2.24) is 10.3 Å². The van der Waals surface area contributed by atoms with E-state index in [1.807, 2.05) is 56.3 Å². The number of carbonyl (C=O) groups excluding carboxylic acids is 2. The van der Waals surface area contributed by atoms with Crippen LogP contribution < -0.4 is 16.0 Å². The lowest BCUT2D eigenvalue weighted by molar-refractivity contribution is -0.164. The number of benzene rings is 1. The standard InChI is InChI=1S/C23H37N3O5S/c1-17(2)16-20(21(27)25-26-32(29,30)15-14-24)19(22(28)31-23(3,4)5)13-9-12-18-10-7-6-8-11-18/h6-12,17,19-20,26H,13-16,24H2,1-5H3,(H,25,27)/b12-9+/t19-,20+/m0/s1. The van der Waals surface area contributed by atoms with Crippen molar-refractivity contribution in [3.63, 3.8) is 0 Å². The molecule has 0 saturated carbocycles. The molecule has 0 aromatic heterocycles. The fraction of sp³-hybridized carbons (Fsp3) is 0.565. The largest absolute Gasteiger partial charge is 0.460 e. The summed E-state index contributed by atoms with van der Waals surface area (Å²) in [4.78, 5) is 28.1. The van der Waals surface area contributed by atoms with E-state index in [0.717, 1.165) is 5.56 Å². The van der Waals surface area contributed by atoms with Gasteiger partial charge in [0.25, 0.3) is 0 Å². The van der Waals surface area contributed by atoms with Crippen LogP contribution in [0.5, 0.6) is 0 Å². The number of sulfonamides is 1. The number of hydrazine groups is 1. The number of allylic oxidation sites excluding steroid dienone is 1. The molecule has 1 aromatic carbocycles. The van der Waals surface area contributed by atoms with E-state index < -0.39 is 39.3 Å². The van der Waals surface area contributed by atoms with Crippen LogP contribution in [-0.4, -0.2) is 38.2 Å². The molecule has 4 N–H and O–H groups in total. The van der Waals surface area contributed by atoms with Crippen LogP contribution in [0.4, 0.5) is 0 Å². The summed E-state index contributed by atoms with van der Waals surface area (Å²) < 4.78 is 29.4. The Bertz CT molecular complexity index is 861. The quantitative estimate of drug-likeness (QED) is 0.320. The van der Waals surface area contributed by atoms with Crippen LogP contribution in [0.3, 0.4) is 0 Å². The van der Waals surface area contributed by atoms with Gasteiger partial charge >= 0.3 is 5.97 Å². The topological polar surface area (TPSA) is 128 Å². The molecule has 1 rings (SSSR count). The Morgan fingerprint density at radius 2 is 1.75 bits per heavy atom. The number of nitrogens with two attached hydrogens (primary N) is 1. The maximum atomic E-state index is 13.0. The lowest BCUT2D eigenvalue weighted by atomic mass is 9.82. The maximum absolute atomic E-state index is 13.0. The van der Waals surface area contributed by atoms with E-state index in [4.69, 9.17) is 10.5 Å². The minimum atomic E-state index is -3.75. The van der Waals surface area contributed by atoms with E-state index in [0.29, 0.717) is 6.42 Å². The lowest BCUT2D eigenvalue weighted by Crippen LogP contribution is -2.49. The van der Waals surface area contributed by atoms with Gasteiger partial charge in [-0.05, 0) is 45.1 Å². The van der Waals surface area contributed by atoms with Crippen molar-refractivity contribution in [3.05, 3.63) is 42.0 Å². The molecule has 1 aromatic rings. The Morgan fingerprint density at radius 3 is 2.28 bits per heavy atom. The van der Waals surface area contributed by atoms with E-state index >= 15 is 0 Å². The molecule has 180 valence electrons. The van der Waals surface area contributed by atoms with E-state index in [-0.39, 0.29) is 24.6 Å². The van der Waals surface area contributed by atoms with Crippen molar-refractivity contribution in [2.75, 3.05) is 12.3 Å². The first kappa shape index (κ1) is 27.8. The molecule has 0 spiro atoms. The molecule has 0 aliphatic heterocycles. The summed E-state index contributed by atoms with van der Waals surface area (Å²) in [5, 5.41) is 0. The lowest BCUT2D eigenvalue weighted by Gasteiger charge is -2.29. The minimum Gasteiger partial charge on any atom is -0.460 e. The third kappa shape index (κ3) is 10.9. The van der Waals surface area contributed by atoms with Crippen molar-refractivity contribution in [2.24, 2.45) is 23.5 Å². The molecule has 0 radical (unpaired) electrons. The van der Waals surface area contributed by atoms with E-state index in [1.54, 1.807) is 20.8 Å². The molecule has 8 nitrogen and oxygen atoms in total. The van der Waals surface area contributed by atoms with Gasteiger partial charge in [-0.3, -0.25) is 15.0 Å². The molecule has 32 heavy (non-hydrogen) atoms. The average Bonchev–Trinajstić information content (AvgIpc) is 2.67. The number of hydrogen-bond acceptors (Lipinski definition) is 6. The molecule has 0 unspecified atom stereocenters. The minimum absolute atomic E-state index is 0.0779. The Labute approximate surface area is 192 Å². The van der Waals surface area contributed by atoms with Crippen molar-refractivity contribution in [1.29, 1.82) is 0 Å². The molecular formula is C23H37N3O5S. The van der Waals surface area contributed by atoms with Crippen molar-refractivity contribution in [2.45, 2.75) is 53.1 Å². The van der Waals surface area contributed by atoms with Gasteiger partial charge < -0.3 is 10.5 Å². The molecule has 2 atom stereocenters. The monoisotopic (exact) mass is 467 g/mol. The van der Waals surface area contributed by atoms with Crippen molar-refractivity contribution >= 4 is 28.0 Å². The first-order valence-electron chi connectivity index (χ1n) is 10.8. The summed E-state index contributed by atoms with van der Waals surface area (Å²) in [6, 6.07) is 9.60. The van der Waals surface area contributed by atoms with Crippen LogP contribution in [0, 0.1) is 17.8 Å². The first-order valence-corrected chi connectivity index (χ1v) is 12.4. The predicted octanol–water partition coefficient (Wildman–Crippen LogP) is 2.62. The zero-order chi connectivity index (χ0) is 24.4. The van der Waals surface area contributed by atoms with Gasteiger partial charge in [0.05, 0.1) is 17.6 Å².